The predicted octanol–water partition coefficient (Wildman–Crippen LogP) is 2.72. The number of rotatable bonds is 4. The van der Waals surface area contributed by atoms with Gasteiger partial charge in [0.2, 0.25) is 5.91 Å². The van der Waals surface area contributed by atoms with E-state index in [0.717, 1.165) is 0 Å². The van der Waals surface area contributed by atoms with E-state index in [1.165, 1.54) is 30.2 Å². The second-order valence-electron chi connectivity index (χ2n) is 6.21. The average molecular weight is 372 g/mol. The van der Waals surface area contributed by atoms with Gasteiger partial charge in [-0.05, 0) is 37.3 Å². The number of ether oxygens (including phenoxy) is 2. The van der Waals surface area contributed by atoms with Crippen molar-refractivity contribution < 1.29 is 23.5 Å². The molecule has 0 radical (unpaired) electrons. The van der Waals surface area contributed by atoms with Crippen LogP contribution in [0.1, 0.15) is 17.3 Å². The van der Waals surface area contributed by atoms with Crippen molar-refractivity contribution in [3.63, 3.8) is 0 Å². The van der Waals surface area contributed by atoms with E-state index >= 15 is 0 Å². The Hall–Kier alpha value is -3.09. The van der Waals surface area contributed by atoms with Crippen LogP contribution in [0, 0.1) is 5.82 Å². The highest BCUT2D eigenvalue weighted by Gasteiger charge is 2.35. The van der Waals surface area contributed by atoms with Crippen LogP contribution in [0.2, 0.25) is 0 Å². The van der Waals surface area contributed by atoms with Gasteiger partial charge in [0.1, 0.15) is 11.9 Å². The van der Waals surface area contributed by atoms with Crippen molar-refractivity contribution in [2.24, 2.45) is 0 Å². The van der Waals surface area contributed by atoms with Crippen molar-refractivity contribution in [2.45, 2.75) is 13.0 Å². The van der Waals surface area contributed by atoms with Crippen LogP contribution in [-0.4, -0.2) is 50.1 Å². The van der Waals surface area contributed by atoms with Crippen molar-refractivity contribution in [1.29, 1.82) is 0 Å². The van der Waals surface area contributed by atoms with Gasteiger partial charge in [-0.15, -0.1) is 0 Å². The maximum atomic E-state index is 13.4. The molecule has 1 unspecified atom stereocenters. The number of halogens is 1. The monoisotopic (exact) mass is 372 g/mol. The van der Waals surface area contributed by atoms with E-state index in [2.05, 4.69) is 0 Å². The Labute approximate surface area is 157 Å². The summed E-state index contributed by atoms with van der Waals surface area (Å²) in [6.45, 7) is 2.35. The zero-order valence-corrected chi connectivity index (χ0v) is 15.4. The van der Waals surface area contributed by atoms with Gasteiger partial charge in [-0.3, -0.25) is 9.59 Å². The Balaban J connectivity index is 1.81. The standard InChI is InChI=1S/C20H21FN2O4/c1-13-19(24)23(16-7-8-17(26-2)18(12-16)27-3)10-9-22(13)20(25)14-5-4-6-15(21)11-14/h4-8,11-13H,9-10H2,1-3H3. The maximum Gasteiger partial charge on any atom is 0.254 e. The first kappa shape index (κ1) is 18.7. The highest BCUT2D eigenvalue weighted by molar-refractivity contribution is 6.03. The number of piperazine rings is 1. The van der Waals surface area contributed by atoms with Crippen LogP contribution in [0.4, 0.5) is 10.1 Å². The summed E-state index contributed by atoms with van der Waals surface area (Å²) in [5.74, 6) is 0.0414. The summed E-state index contributed by atoms with van der Waals surface area (Å²) in [5.41, 5.74) is 0.900. The molecule has 1 atom stereocenters. The van der Waals surface area contributed by atoms with Gasteiger partial charge in [-0.1, -0.05) is 6.07 Å². The van der Waals surface area contributed by atoms with Crippen molar-refractivity contribution in [2.75, 3.05) is 32.2 Å². The first-order valence-corrected chi connectivity index (χ1v) is 8.56. The number of nitrogens with zero attached hydrogens (tertiary/aromatic N) is 2. The molecule has 3 rings (SSSR count). The molecular formula is C20H21FN2O4. The van der Waals surface area contributed by atoms with Crippen LogP contribution in [-0.2, 0) is 4.79 Å². The summed E-state index contributed by atoms with van der Waals surface area (Å²) in [7, 11) is 3.07. The average Bonchev–Trinajstić information content (AvgIpc) is 2.69. The third kappa shape index (κ3) is 3.58. The van der Waals surface area contributed by atoms with E-state index in [1.807, 2.05) is 0 Å². The molecule has 2 aromatic carbocycles. The summed E-state index contributed by atoms with van der Waals surface area (Å²) in [5, 5.41) is 0. The summed E-state index contributed by atoms with van der Waals surface area (Å²) in [6.07, 6.45) is 0. The molecule has 6 nitrogen and oxygen atoms in total. The SMILES string of the molecule is COc1ccc(N2CCN(C(=O)c3cccc(F)c3)C(C)C2=O)cc1OC. The van der Waals surface area contributed by atoms with Crippen molar-refractivity contribution in [3.05, 3.63) is 53.8 Å². The zero-order chi connectivity index (χ0) is 19.6. The van der Waals surface area contributed by atoms with Crippen LogP contribution < -0.4 is 14.4 Å². The van der Waals surface area contributed by atoms with E-state index < -0.39 is 11.9 Å². The normalized spacial score (nSPS) is 17.0. The largest absolute Gasteiger partial charge is 0.493 e. The van der Waals surface area contributed by atoms with Gasteiger partial charge in [-0.25, -0.2) is 4.39 Å². The minimum atomic E-state index is -0.664. The van der Waals surface area contributed by atoms with Gasteiger partial charge in [-0.2, -0.15) is 0 Å². The lowest BCUT2D eigenvalue weighted by atomic mass is 10.1. The highest BCUT2D eigenvalue weighted by Crippen LogP contribution is 2.32. The van der Waals surface area contributed by atoms with Crippen molar-refractivity contribution in [3.8, 4) is 11.5 Å². The van der Waals surface area contributed by atoms with E-state index in [1.54, 1.807) is 43.2 Å². The Morgan fingerprint density at radius 3 is 2.48 bits per heavy atom. The minimum absolute atomic E-state index is 0.210. The van der Waals surface area contributed by atoms with Gasteiger partial charge in [0.25, 0.3) is 5.91 Å². The summed E-state index contributed by atoms with van der Waals surface area (Å²) < 4.78 is 23.9. The lowest BCUT2D eigenvalue weighted by molar-refractivity contribution is -0.124. The fourth-order valence-corrected chi connectivity index (χ4v) is 3.18. The quantitative estimate of drug-likeness (QED) is 0.828. The number of hydrogen-bond acceptors (Lipinski definition) is 4. The van der Waals surface area contributed by atoms with Crippen LogP contribution in [0.3, 0.4) is 0 Å². The molecule has 1 aliphatic rings. The third-order valence-electron chi connectivity index (χ3n) is 4.67. The molecule has 2 aromatic rings. The molecule has 142 valence electrons. The molecule has 1 heterocycles. The topological polar surface area (TPSA) is 59.1 Å². The molecule has 2 amide bonds. The van der Waals surface area contributed by atoms with Gasteiger partial charge >= 0.3 is 0 Å². The molecule has 27 heavy (non-hydrogen) atoms. The molecule has 7 heteroatoms. The lowest BCUT2D eigenvalue weighted by Gasteiger charge is -2.39. The fraction of sp³-hybridized carbons (Fsp3) is 0.300. The van der Waals surface area contributed by atoms with Gasteiger partial charge in [0.15, 0.2) is 11.5 Å². The first-order valence-electron chi connectivity index (χ1n) is 8.56. The predicted molar refractivity (Wildman–Crippen MR) is 98.8 cm³/mol. The Morgan fingerprint density at radius 1 is 1.07 bits per heavy atom. The van der Waals surface area contributed by atoms with Gasteiger partial charge in [0, 0.05) is 30.4 Å². The van der Waals surface area contributed by atoms with Gasteiger partial charge < -0.3 is 19.3 Å². The van der Waals surface area contributed by atoms with E-state index in [0.29, 0.717) is 30.3 Å². The van der Waals surface area contributed by atoms with Crippen LogP contribution in [0.5, 0.6) is 11.5 Å². The maximum absolute atomic E-state index is 13.4. The minimum Gasteiger partial charge on any atom is -0.493 e. The fourth-order valence-electron chi connectivity index (χ4n) is 3.18. The zero-order valence-electron chi connectivity index (χ0n) is 15.4. The van der Waals surface area contributed by atoms with E-state index in [4.69, 9.17) is 9.47 Å². The highest BCUT2D eigenvalue weighted by atomic mass is 19.1. The number of carbonyl (C=O) groups excluding carboxylic acids is 2. The molecule has 0 aromatic heterocycles. The molecule has 1 saturated heterocycles. The molecule has 0 N–H and O–H groups in total. The van der Waals surface area contributed by atoms with Crippen LogP contribution >= 0.6 is 0 Å². The Morgan fingerprint density at radius 2 is 1.81 bits per heavy atom. The Kier molecular flexibility index (Phi) is 5.30. The number of hydrogen-bond donors (Lipinski definition) is 0. The number of methoxy groups -OCH3 is 2. The van der Waals surface area contributed by atoms with E-state index in [9.17, 15) is 14.0 Å². The van der Waals surface area contributed by atoms with Crippen molar-refractivity contribution in [1.82, 2.24) is 4.90 Å². The summed E-state index contributed by atoms with van der Waals surface area (Å²) >= 11 is 0. The van der Waals surface area contributed by atoms with Crippen LogP contribution in [0.25, 0.3) is 0 Å². The number of amides is 2. The molecule has 0 aliphatic carbocycles. The number of benzene rings is 2. The third-order valence-corrected chi connectivity index (χ3v) is 4.67. The number of carbonyl (C=O) groups is 2. The lowest BCUT2D eigenvalue weighted by Crippen LogP contribution is -2.57. The molecule has 0 bridgehead atoms. The van der Waals surface area contributed by atoms with Gasteiger partial charge in [0.05, 0.1) is 14.2 Å². The second kappa shape index (κ2) is 7.65. The van der Waals surface area contributed by atoms with Crippen LogP contribution in [0.15, 0.2) is 42.5 Å². The van der Waals surface area contributed by atoms with Crippen molar-refractivity contribution >= 4 is 17.5 Å². The molecule has 0 saturated carbocycles. The summed E-state index contributed by atoms with van der Waals surface area (Å²) in [6, 6.07) is 10.1. The van der Waals surface area contributed by atoms with E-state index in [-0.39, 0.29) is 17.4 Å². The molecule has 1 aliphatic heterocycles. The molecule has 0 spiro atoms. The molecular weight excluding hydrogens is 351 g/mol. The summed E-state index contributed by atoms with van der Waals surface area (Å²) in [4.78, 5) is 28.6. The smallest absolute Gasteiger partial charge is 0.254 e. The first-order chi connectivity index (χ1) is 13.0. The molecule has 1 fully saturated rings. The number of anilines is 1. The second-order valence-corrected chi connectivity index (χ2v) is 6.21. The Bertz CT molecular complexity index is 871.